The van der Waals surface area contributed by atoms with E-state index in [4.69, 9.17) is 28.4 Å². The number of carbonyl (C=O) groups excluding carboxylic acids is 4. The van der Waals surface area contributed by atoms with Gasteiger partial charge in [-0.1, -0.05) is 0 Å². The summed E-state index contributed by atoms with van der Waals surface area (Å²) < 4.78 is 48.1. The number of amides is 2. The number of nitrogens with zero attached hydrogens (tertiary/aromatic N) is 3. The van der Waals surface area contributed by atoms with E-state index in [-0.39, 0.29) is 80.9 Å². The average molecular weight is 723 g/mol. The van der Waals surface area contributed by atoms with Crippen LogP contribution in [-0.2, 0) is 36.9 Å². The van der Waals surface area contributed by atoms with E-state index in [9.17, 15) is 33.2 Å². The van der Waals surface area contributed by atoms with Gasteiger partial charge >= 0.3 is 17.6 Å². The van der Waals surface area contributed by atoms with Crippen molar-refractivity contribution in [1.29, 1.82) is 0 Å². The van der Waals surface area contributed by atoms with Gasteiger partial charge in [0.15, 0.2) is 23.0 Å². The molecule has 2 amide bonds. The Hall–Kier alpha value is -5.87. The minimum Gasteiger partial charge on any atom is -0.493 e. The topological polar surface area (TPSA) is 185 Å². The van der Waals surface area contributed by atoms with Gasteiger partial charge in [-0.25, -0.2) is 4.79 Å². The monoisotopic (exact) mass is 722 g/mol. The number of hydrogen-bond donors (Lipinski definition) is 1. The lowest BCUT2D eigenvalue weighted by Crippen LogP contribution is -2.51. The summed E-state index contributed by atoms with van der Waals surface area (Å²) >= 11 is 0. The summed E-state index contributed by atoms with van der Waals surface area (Å²) in [4.78, 5) is 79.7. The van der Waals surface area contributed by atoms with Crippen molar-refractivity contribution in [2.24, 2.45) is 11.8 Å². The number of methoxy groups -OCH3 is 2. The molecule has 7 rings (SSSR count). The van der Waals surface area contributed by atoms with Gasteiger partial charge in [0.25, 0.3) is 5.56 Å². The van der Waals surface area contributed by atoms with Gasteiger partial charge in [-0.2, -0.15) is 4.39 Å². The van der Waals surface area contributed by atoms with Crippen LogP contribution in [0.25, 0.3) is 0 Å². The Morgan fingerprint density at radius 3 is 2.21 bits per heavy atom. The Morgan fingerprint density at radius 2 is 1.54 bits per heavy atom. The molecule has 0 radical (unpaired) electrons. The molecule has 3 atom stereocenters. The molecule has 2 saturated heterocycles. The molecular weight excluding hydrogens is 687 g/mol. The number of piperazine rings is 1. The van der Waals surface area contributed by atoms with E-state index in [2.05, 4.69) is 0 Å². The van der Waals surface area contributed by atoms with Crippen LogP contribution in [-0.4, -0.2) is 96.9 Å². The number of hydrogen-bond acceptors (Lipinski definition) is 12. The van der Waals surface area contributed by atoms with Gasteiger partial charge < -0.3 is 38.2 Å². The quantitative estimate of drug-likeness (QED) is 0.244. The van der Waals surface area contributed by atoms with E-state index in [0.29, 0.717) is 36.3 Å². The van der Waals surface area contributed by atoms with Crippen LogP contribution in [0, 0.1) is 17.7 Å². The van der Waals surface area contributed by atoms with Crippen LogP contribution in [0.3, 0.4) is 0 Å². The molecular formula is C35H35FN4O12. The number of benzene rings is 2. The second-order valence-electron chi connectivity index (χ2n) is 12.9. The van der Waals surface area contributed by atoms with Crippen molar-refractivity contribution in [2.45, 2.75) is 31.7 Å². The lowest BCUT2D eigenvalue weighted by atomic mass is 9.67. The molecule has 2 fully saturated rings. The molecule has 4 aliphatic rings. The predicted octanol–water partition coefficient (Wildman–Crippen LogP) is 0.955. The van der Waals surface area contributed by atoms with E-state index in [1.807, 2.05) is 12.1 Å². The fraction of sp³-hybridized carbons (Fsp3) is 0.429. The molecule has 3 aromatic rings. The van der Waals surface area contributed by atoms with Gasteiger partial charge in [0.2, 0.25) is 30.2 Å². The summed E-state index contributed by atoms with van der Waals surface area (Å²) in [7, 11) is 2.83. The average Bonchev–Trinajstić information content (AvgIpc) is 3.76. The lowest BCUT2D eigenvalue weighted by Gasteiger charge is -2.35. The predicted molar refractivity (Wildman–Crippen MR) is 175 cm³/mol. The fourth-order valence-corrected chi connectivity index (χ4v) is 7.27. The highest BCUT2D eigenvalue weighted by atomic mass is 19.1. The van der Waals surface area contributed by atoms with Crippen LogP contribution in [0.2, 0.25) is 0 Å². The highest BCUT2D eigenvalue weighted by Gasteiger charge is 2.48. The molecule has 3 aliphatic heterocycles. The molecule has 0 unspecified atom stereocenters. The first-order valence-corrected chi connectivity index (χ1v) is 16.6. The number of aromatic amines is 1. The number of cyclic esters (lactones) is 1. The van der Waals surface area contributed by atoms with E-state index < -0.39 is 47.3 Å². The van der Waals surface area contributed by atoms with Crippen molar-refractivity contribution in [3.8, 4) is 28.7 Å². The first-order chi connectivity index (χ1) is 25.0. The molecule has 0 bridgehead atoms. The highest BCUT2D eigenvalue weighted by molar-refractivity contribution is 5.84. The minimum atomic E-state index is -1.19. The first-order valence-electron chi connectivity index (χ1n) is 16.6. The van der Waals surface area contributed by atoms with Gasteiger partial charge in [0, 0.05) is 44.4 Å². The fourth-order valence-electron chi connectivity index (χ4n) is 7.27. The number of ether oxygens (including phenoxy) is 6. The first kappa shape index (κ1) is 34.6. The molecule has 0 spiro atoms. The number of halogens is 1. The summed E-state index contributed by atoms with van der Waals surface area (Å²) in [5.74, 6) is -2.34. The normalized spacial score (nSPS) is 20.1. The minimum absolute atomic E-state index is 0.0204. The zero-order chi connectivity index (χ0) is 36.7. The number of aromatic nitrogens is 2. The van der Waals surface area contributed by atoms with Crippen molar-refractivity contribution < 1.29 is 52.0 Å². The summed E-state index contributed by atoms with van der Waals surface area (Å²) in [6, 6.07) is 7.24. The largest absolute Gasteiger partial charge is 0.493 e. The lowest BCUT2D eigenvalue weighted by molar-refractivity contribution is -0.142. The third-order valence-electron chi connectivity index (χ3n) is 9.89. The Morgan fingerprint density at radius 1 is 0.885 bits per heavy atom. The molecule has 2 aromatic carbocycles. The maximum Gasteiger partial charge on any atom is 0.328 e. The molecule has 16 nitrogen and oxygen atoms in total. The number of carbonyl (C=O) groups is 4. The summed E-state index contributed by atoms with van der Waals surface area (Å²) in [6.07, 6.45) is 0.886. The molecule has 4 heterocycles. The van der Waals surface area contributed by atoms with Crippen LogP contribution < -0.4 is 34.9 Å². The van der Waals surface area contributed by atoms with Crippen molar-refractivity contribution >= 4 is 23.8 Å². The van der Waals surface area contributed by atoms with Crippen molar-refractivity contribution in [3.63, 3.8) is 0 Å². The maximum atomic E-state index is 13.6. The van der Waals surface area contributed by atoms with Crippen LogP contribution in [0.15, 0.2) is 40.1 Å². The van der Waals surface area contributed by atoms with E-state index in [1.54, 1.807) is 17.1 Å². The number of esters is 2. The zero-order valence-corrected chi connectivity index (χ0v) is 28.3. The summed E-state index contributed by atoms with van der Waals surface area (Å²) in [5, 5.41) is 0. The smallest absolute Gasteiger partial charge is 0.328 e. The van der Waals surface area contributed by atoms with Gasteiger partial charge in [-0.3, -0.25) is 33.5 Å². The van der Waals surface area contributed by atoms with E-state index in [1.165, 1.54) is 24.0 Å². The molecule has 0 saturated carbocycles. The number of fused-ring (bicyclic) bond motifs is 3. The number of H-pyrrole nitrogens is 1. The Bertz CT molecular complexity index is 2050. The molecule has 1 aliphatic carbocycles. The third-order valence-corrected chi connectivity index (χ3v) is 9.89. The molecule has 52 heavy (non-hydrogen) atoms. The second-order valence-corrected chi connectivity index (χ2v) is 12.9. The van der Waals surface area contributed by atoms with Crippen molar-refractivity contribution in [3.05, 3.63) is 73.8 Å². The van der Waals surface area contributed by atoms with Gasteiger partial charge in [-0.15, -0.1) is 0 Å². The number of nitrogens with one attached hydrogen (secondary N) is 1. The molecule has 1 N–H and O–H groups in total. The molecule has 1 aromatic heterocycles. The standard InChI is InChI=1S/C35H35FN4O12/c1-47-25-11-19(30-21-13-24-23(50-17-51-24)10-18(21)9-20-16-49-34(45)31(20)30)12-26(48-2)32(25)52-29(43)4-3-27(41)38-5-7-39(8-6-38)28(42)15-40-14-22(36)33(44)37-35(40)46/h10-14,20,30-31H,3-9,15-17H2,1-2H3,(H,37,44,46)/t20-,30+,31-/m0/s1. The highest BCUT2D eigenvalue weighted by Crippen LogP contribution is 2.52. The SMILES string of the molecule is COc1cc([C@@H]2c3cc4c(cc3C[C@H]3COC(=O)[C@@H]32)OCO4)cc(OC)c1OC(=O)CCC(=O)N1CCN(C(=O)Cn2cc(F)c(=O)[nH]c2=O)CC1. The Labute approximate surface area is 294 Å². The van der Waals surface area contributed by atoms with Gasteiger partial charge in [0.05, 0.1) is 39.4 Å². The van der Waals surface area contributed by atoms with Gasteiger partial charge in [-0.05, 0) is 47.4 Å². The molecule has 17 heteroatoms. The second kappa shape index (κ2) is 14.0. The van der Waals surface area contributed by atoms with Crippen LogP contribution in [0.5, 0.6) is 28.7 Å². The maximum absolute atomic E-state index is 13.6. The molecule has 274 valence electrons. The number of rotatable bonds is 9. The summed E-state index contributed by atoms with van der Waals surface area (Å²) in [5.41, 5.74) is 0.506. The summed E-state index contributed by atoms with van der Waals surface area (Å²) in [6.45, 7) is 0.604. The van der Waals surface area contributed by atoms with E-state index in [0.717, 1.165) is 15.7 Å². The van der Waals surface area contributed by atoms with Crippen molar-refractivity contribution in [2.75, 3.05) is 53.8 Å². The van der Waals surface area contributed by atoms with E-state index >= 15 is 0 Å². The Kier molecular flexibility index (Phi) is 9.33. The van der Waals surface area contributed by atoms with Crippen LogP contribution >= 0.6 is 0 Å². The van der Waals surface area contributed by atoms with Crippen molar-refractivity contribution in [1.82, 2.24) is 19.4 Å². The van der Waals surface area contributed by atoms with Crippen LogP contribution in [0.1, 0.15) is 35.4 Å². The van der Waals surface area contributed by atoms with Gasteiger partial charge in [0.1, 0.15) is 6.54 Å². The Balaban J connectivity index is 0.999. The zero-order valence-electron chi connectivity index (χ0n) is 28.3. The van der Waals surface area contributed by atoms with Crippen LogP contribution in [0.4, 0.5) is 4.39 Å². The third kappa shape index (κ3) is 6.53.